The van der Waals surface area contributed by atoms with Crippen LogP contribution < -0.4 is 5.32 Å². The molecule has 208 valence electrons. The molecule has 0 spiro atoms. The van der Waals surface area contributed by atoms with Crippen molar-refractivity contribution in [3.8, 4) is 0 Å². The van der Waals surface area contributed by atoms with E-state index in [1.54, 1.807) is 0 Å². The molecular weight excluding hydrogens is 454 g/mol. The molecular formula is C26H51NO8. The number of hydrogen-bond donors (Lipinski definition) is 6. The van der Waals surface area contributed by atoms with Gasteiger partial charge in [-0.3, -0.25) is 4.79 Å². The largest absolute Gasteiger partial charge is 0.394 e. The van der Waals surface area contributed by atoms with Gasteiger partial charge in [0.15, 0.2) is 6.29 Å². The summed E-state index contributed by atoms with van der Waals surface area (Å²) in [6, 6.07) is -0.711. The maximum atomic E-state index is 11.6. The van der Waals surface area contributed by atoms with E-state index in [0.717, 1.165) is 19.3 Å². The van der Waals surface area contributed by atoms with Gasteiger partial charge in [0.25, 0.3) is 0 Å². The third-order valence-corrected chi connectivity index (χ3v) is 6.75. The molecule has 9 nitrogen and oxygen atoms in total. The summed E-state index contributed by atoms with van der Waals surface area (Å²) in [6.07, 6.45) is 8.83. The van der Waals surface area contributed by atoms with Crippen LogP contribution in [0.3, 0.4) is 0 Å². The summed E-state index contributed by atoms with van der Waals surface area (Å²) < 4.78 is 10.8. The van der Waals surface area contributed by atoms with E-state index in [0.29, 0.717) is 6.42 Å². The Balaban J connectivity index is 2.24. The molecule has 1 aliphatic heterocycles. The Morgan fingerprint density at radius 2 is 1.37 bits per heavy atom. The van der Waals surface area contributed by atoms with Crippen LogP contribution in [0.25, 0.3) is 0 Å². The first-order chi connectivity index (χ1) is 16.8. The predicted molar refractivity (Wildman–Crippen MR) is 134 cm³/mol. The van der Waals surface area contributed by atoms with Crippen molar-refractivity contribution in [2.45, 2.75) is 147 Å². The summed E-state index contributed by atoms with van der Waals surface area (Å²) in [5.74, 6) is -0.322. The first kappa shape index (κ1) is 32.2. The van der Waals surface area contributed by atoms with Crippen LogP contribution in [-0.2, 0) is 14.3 Å². The Morgan fingerprint density at radius 1 is 0.857 bits per heavy atom. The van der Waals surface area contributed by atoms with Crippen molar-refractivity contribution in [3.63, 3.8) is 0 Å². The molecule has 0 bridgehead atoms. The molecule has 0 unspecified atom stereocenters. The lowest BCUT2D eigenvalue weighted by Crippen LogP contribution is -2.60. The SMILES string of the molecule is CCCCCCCCCCCCCCC[C@@H](O)[C@H](CO[C@H]1O[C@H](CO)[C@H](O)[C@H](O)[C@H]1O)NC(C)=O. The summed E-state index contributed by atoms with van der Waals surface area (Å²) in [5, 5.41) is 52.4. The number of aliphatic hydroxyl groups is 5. The fraction of sp³-hybridized carbons (Fsp3) is 0.962. The fourth-order valence-corrected chi connectivity index (χ4v) is 4.49. The number of carbonyl (C=O) groups excluding carboxylic acids is 1. The van der Waals surface area contributed by atoms with Gasteiger partial charge in [0, 0.05) is 6.92 Å². The van der Waals surface area contributed by atoms with Gasteiger partial charge < -0.3 is 40.3 Å². The topological polar surface area (TPSA) is 149 Å². The number of aliphatic hydroxyl groups excluding tert-OH is 5. The van der Waals surface area contributed by atoms with Crippen molar-refractivity contribution in [1.82, 2.24) is 5.32 Å². The minimum absolute atomic E-state index is 0.151. The molecule has 1 saturated heterocycles. The number of rotatable bonds is 20. The molecule has 1 rings (SSSR count). The van der Waals surface area contributed by atoms with Crippen LogP contribution in [0.15, 0.2) is 0 Å². The molecule has 0 aromatic rings. The molecule has 1 aliphatic rings. The van der Waals surface area contributed by atoms with Gasteiger partial charge in [-0.25, -0.2) is 0 Å². The van der Waals surface area contributed by atoms with Crippen LogP contribution in [-0.4, -0.2) is 87.5 Å². The van der Waals surface area contributed by atoms with E-state index < -0.39 is 49.5 Å². The van der Waals surface area contributed by atoms with Crippen LogP contribution in [0.5, 0.6) is 0 Å². The highest BCUT2D eigenvalue weighted by Crippen LogP contribution is 2.22. The van der Waals surface area contributed by atoms with Crippen molar-refractivity contribution in [2.75, 3.05) is 13.2 Å². The zero-order valence-electron chi connectivity index (χ0n) is 21.8. The van der Waals surface area contributed by atoms with Crippen molar-refractivity contribution in [2.24, 2.45) is 0 Å². The van der Waals surface area contributed by atoms with Crippen molar-refractivity contribution in [1.29, 1.82) is 0 Å². The molecule has 0 aliphatic carbocycles. The maximum Gasteiger partial charge on any atom is 0.217 e. The number of amides is 1. The second-order valence-corrected chi connectivity index (χ2v) is 9.94. The Hall–Kier alpha value is -0.810. The van der Waals surface area contributed by atoms with Crippen molar-refractivity contribution >= 4 is 5.91 Å². The molecule has 1 heterocycles. The van der Waals surface area contributed by atoms with E-state index in [-0.39, 0.29) is 12.5 Å². The lowest BCUT2D eigenvalue weighted by atomic mass is 9.99. The van der Waals surface area contributed by atoms with E-state index in [2.05, 4.69) is 12.2 Å². The third-order valence-electron chi connectivity index (χ3n) is 6.75. The number of ether oxygens (including phenoxy) is 2. The monoisotopic (exact) mass is 505 g/mol. The van der Waals surface area contributed by atoms with Crippen molar-refractivity contribution < 1.29 is 39.8 Å². The standard InChI is InChI=1S/C26H51NO8/c1-3-4-5-6-7-8-9-10-11-12-13-14-15-16-21(30)20(27-19(2)29)18-34-26-25(33)24(32)23(31)22(17-28)35-26/h20-26,28,30-33H,3-18H2,1-2H3,(H,27,29)/t20-,21+,22+,23-,24-,25+,26-/m0/s1. The smallest absolute Gasteiger partial charge is 0.217 e. The minimum Gasteiger partial charge on any atom is -0.394 e. The number of unbranched alkanes of at least 4 members (excludes halogenated alkanes) is 12. The highest BCUT2D eigenvalue weighted by Gasteiger charge is 2.44. The number of carbonyl (C=O) groups is 1. The van der Waals surface area contributed by atoms with Gasteiger partial charge in [-0.1, -0.05) is 90.4 Å². The summed E-state index contributed by atoms with van der Waals surface area (Å²) in [6.45, 7) is 2.88. The minimum atomic E-state index is -1.54. The Morgan fingerprint density at radius 3 is 1.86 bits per heavy atom. The molecule has 35 heavy (non-hydrogen) atoms. The van der Waals surface area contributed by atoms with Crippen LogP contribution in [0.1, 0.15) is 104 Å². The van der Waals surface area contributed by atoms with Gasteiger partial charge in [0.2, 0.25) is 5.91 Å². The van der Waals surface area contributed by atoms with E-state index in [1.807, 2.05) is 0 Å². The van der Waals surface area contributed by atoms with Gasteiger partial charge in [-0.2, -0.15) is 0 Å². The number of hydrogen-bond acceptors (Lipinski definition) is 8. The normalized spacial score (nSPS) is 26.4. The van der Waals surface area contributed by atoms with Crippen LogP contribution >= 0.6 is 0 Å². The van der Waals surface area contributed by atoms with E-state index in [9.17, 15) is 30.3 Å². The third kappa shape index (κ3) is 13.3. The molecule has 9 heteroatoms. The zero-order chi connectivity index (χ0) is 26.1. The summed E-state index contributed by atoms with van der Waals surface area (Å²) in [5.41, 5.74) is 0. The molecule has 1 amide bonds. The van der Waals surface area contributed by atoms with E-state index in [1.165, 1.54) is 71.1 Å². The molecule has 1 fully saturated rings. The van der Waals surface area contributed by atoms with Crippen LogP contribution in [0.2, 0.25) is 0 Å². The fourth-order valence-electron chi connectivity index (χ4n) is 4.49. The summed E-state index contributed by atoms with van der Waals surface area (Å²) in [4.78, 5) is 11.6. The molecule has 0 aromatic heterocycles. The first-order valence-corrected chi connectivity index (χ1v) is 13.7. The molecule has 0 radical (unpaired) electrons. The van der Waals surface area contributed by atoms with Crippen molar-refractivity contribution in [3.05, 3.63) is 0 Å². The quantitative estimate of drug-likeness (QED) is 0.138. The zero-order valence-corrected chi connectivity index (χ0v) is 21.8. The highest BCUT2D eigenvalue weighted by molar-refractivity contribution is 5.73. The maximum absolute atomic E-state index is 11.6. The summed E-state index contributed by atoms with van der Waals surface area (Å²) in [7, 11) is 0. The Bertz CT molecular complexity index is 535. The van der Waals surface area contributed by atoms with Gasteiger partial charge in [-0.15, -0.1) is 0 Å². The highest BCUT2D eigenvalue weighted by atomic mass is 16.7. The average molecular weight is 506 g/mol. The number of nitrogens with one attached hydrogen (secondary N) is 1. The molecule has 7 atom stereocenters. The lowest BCUT2D eigenvalue weighted by molar-refractivity contribution is -0.302. The Kier molecular flexibility index (Phi) is 17.8. The second kappa shape index (κ2) is 19.3. The van der Waals surface area contributed by atoms with Crippen LogP contribution in [0, 0.1) is 0 Å². The van der Waals surface area contributed by atoms with E-state index in [4.69, 9.17) is 9.47 Å². The van der Waals surface area contributed by atoms with Gasteiger partial charge in [0.1, 0.15) is 24.4 Å². The lowest BCUT2D eigenvalue weighted by Gasteiger charge is -2.40. The van der Waals surface area contributed by atoms with E-state index >= 15 is 0 Å². The first-order valence-electron chi connectivity index (χ1n) is 13.7. The molecule has 0 saturated carbocycles. The predicted octanol–water partition coefficient (Wildman–Crippen LogP) is 2.15. The van der Waals surface area contributed by atoms with Gasteiger partial charge >= 0.3 is 0 Å². The molecule has 6 N–H and O–H groups in total. The van der Waals surface area contributed by atoms with Crippen LogP contribution in [0.4, 0.5) is 0 Å². The average Bonchev–Trinajstić information content (AvgIpc) is 2.83. The molecule has 0 aromatic carbocycles. The second-order valence-electron chi connectivity index (χ2n) is 9.94. The summed E-state index contributed by atoms with van der Waals surface area (Å²) >= 11 is 0. The Labute approximate surface area is 211 Å². The van der Waals surface area contributed by atoms with Gasteiger partial charge in [-0.05, 0) is 6.42 Å². The van der Waals surface area contributed by atoms with Gasteiger partial charge in [0.05, 0.1) is 25.4 Å².